The van der Waals surface area contributed by atoms with E-state index in [4.69, 9.17) is 0 Å². The smallest absolute Gasteiger partial charge is 0.129 e. The van der Waals surface area contributed by atoms with Gasteiger partial charge in [0, 0.05) is 12.1 Å². The molecule has 1 fully saturated rings. The van der Waals surface area contributed by atoms with Crippen molar-refractivity contribution in [3.63, 3.8) is 0 Å². The van der Waals surface area contributed by atoms with Crippen molar-refractivity contribution in [3.05, 3.63) is 35.4 Å². The van der Waals surface area contributed by atoms with E-state index >= 15 is 0 Å². The molecule has 0 bridgehead atoms. The number of hydrogen-bond acceptors (Lipinski definition) is 1. The Bertz CT molecular complexity index is 378. The molecule has 1 aromatic rings. The molecule has 1 aliphatic rings. The van der Waals surface area contributed by atoms with Crippen molar-refractivity contribution in [2.75, 3.05) is 6.54 Å². The summed E-state index contributed by atoms with van der Waals surface area (Å²) in [6.07, 6.45) is 4.15. The van der Waals surface area contributed by atoms with Crippen LogP contribution >= 0.6 is 0 Å². The first-order valence-corrected chi connectivity index (χ1v) is 6.39. The summed E-state index contributed by atoms with van der Waals surface area (Å²) in [4.78, 5) is 0. The first-order chi connectivity index (χ1) is 8.20. The van der Waals surface area contributed by atoms with E-state index in [1.54, 1.807) is 6.07 Å². The summed E-state index contributed by atoms with van der Waals surface area (Å²) >= 11 is 0. The van der Waals surface area contributed by atoms with Crippen LogP contribution in [-0.4, -0.2) is 12.6 Å². The highest BCUT2D eigenvalue weighted by atomic mass is 19.1. The molecule has 1 N–H and O–H groups in total. The highest BCUT2D eigenvalue weighted by Gasteiger charge is 2.27. The lowest BCUT2D eigenvalue weighted by molar-refractivity contribution is 0.510. The van der Waals surface area contributed by atoms with Crippen LogP contribution in [0, 0.1) is 11.6 Å². The lowest BCUT2D eigenvalue weighted by atomic mass is 9.97. The Morgan fingerprint density at radius 3 is 2.82 bits per heavy atom. The largest absolute Gasteiger partial charge is 0.314 e. The van der Waals surface area contributed by atoms with Crippen molar-refractivity contribution in [2.45, 2.75) is 44.6 Å². The number of rotatable bonds is 4. The second-order valence-electron chi connectivity index (χ2n) is 4.83. The fraction of sp³-hybridized carbons (Fsp3) is 0.571. The Balaban J connectivity index is 2.00. The fourth-order valence-electron chi connectivity index (χ4n) is 2.63. The average Bonchev–Trinajstić information content (AvgIpc) is 2.75. The lowest BCUT2D eigenvalue weighted by Crippen LogP contribution is -2.26. The molecule has 0 amide bonds. The Morgan fingerprint density at radius 2 is 2.12 bits per heavy atom. The standard InChI is InChI=1S/C14H19F2N/c1-2-7-17-12-5-3-10(8-12)13-6-4-11(15)9-14(13)16/h4,6,9-10,12,17H,2-3,5,7-8H2,1H3. The molecule has 1 saturated carbocycles. The summed E-state index contributed by atoms with van der Waals surface area (Å²) in [5.41, 5.74) is 0.673. The van der Waals surface area contributed by atoms with E-state index < -0.39 is 11.6 Å². The van der Waals surface area contributed by atoms with Crippen LogP contribution in [-0.2, 0) is 0 Å². The topological polar surface area (TPSA) is 12.0 Å². The summed E-state index contributed by atoms with van der Waals surface area (Å²) < 4.78 is 26.4. The molecule has 3 heteroatoms. The highest BCUT2D eigenvalue weighted by Crippen LogP contribution is 2.35. The molecule has 1 aromatic carbocycles. The maximum absolute atomic E-state index is 13.6. The third-order valence-corrected chi connectivity index (χ3v) is 3.52. The van der Waals surface area contributed by atoms with Gasteiger partial charge in [0.1, 0.15) is 11.6 Å². The van der Waals surface area contributed by atoms with E-state index in [-0.39, 0.29) is 5.92 Å². The van der Waals surface area contributed by atoms with Crippen molar-refractivity contribution in [3.8, 4) is 0 Å². The zero-order valence-corrected chi connectivity index (χ0v) is 10.2. The molecule has 0 spiro atoms. The van der Waals surface area contributed by atoms with E-state index in [0.717, 1.165) is 38.3 Å². The second-order valence-corrected chi connectivity index (χ2v) is 4.83. The molecule has 2 atom stereocenters. The summed E-state index contributed by atoms with van der Waals surface area (Å²) in [5.74, 6) is -0.652. The van der Waals surface area contributed by atoms with Crippen LogP contribution in [0.5, 0.6) is 0 Å². The summed E-state index contributed by atoms with van der Waals surface area (Å²) in [5, 5.41) is 3.47. The minimum absolute atomic E-state index is 0.241. The zero-order valence-electron chi connectivity index (χ0n) is 10.2. The SMILES string of the molecule is CCCNC1CCC(c2ccc(F)cc2F)C1. The van der Waals surface area contributed by atoms with Gasteiger partial charge in [-0.2, -0.15) is 0 Å². The normalized spacial score (nSPS) is 24.2. The quantitative estimate of drug-likeness (QED) is 0.846. The number of nitrogens with one attached hydrogen (secondary N) is 1. The number of hydrogen-bond donors (Lipinski definition) is 1. The maximum Gasteiger partial charge on any atom is 0.129 e. The van der Waals surface area contributed by atoms with Crippen molar-refractivity contribution < 1.29 is 8.78 Å². The van der Waals surface area contributed by atoms with E-state index in [1.165, 1.54) is 6.07 Å². The molecular weight excluding hydrogens is 220 g/mol. The molecule has 1 nitrogen and oxygen atoms in total. The van der Waals surface area contributed by atoms with Gasteiger partial charge in [-0.05, 0) is 49.8 Å². The summed E-state index contributed by atoms with van der Waals surface area (Å²) in [6, 6.07) is 4.43. The molecule has 0 radical (unpaired) electrons. The average molecular weight is 239 g/mol. The van der Waals surface area contributed by atoms with Crippen LogP contribution < -0.4 is 5.32 Å². The molecule has 0 aliphatic heterocycles. The van der Waals surface area contributed by atoms with Gasteiger partial charge in [-0.15, -0.1) is 0 Å². The van der Waals surface area contributed by atoms with Crippen LogP contribution in [0.15, 0.2) is 18.2 Å². The van der Waals surface area contributed by atoms with Gasteiger partial charge in [0.05, 0.1) is 0 Å². The van der Waals surface area contributed by atoms with Crippen molar-refractivity contribution in [1.29, 1.82) is 0 Å². The number of benzene rings is 1. The predicted molar refractivity (Wildman–Crippen MR) is 65.0 cm³/mol. The summed E-state index contributed by atoms with van der Waals surface area (Å²) in [6.45, 7) is 3.16. The van der Waals surface area contributed by atoms with E-state index in [2.05, 4.69) is 12.2 Å². The lowest BCUT2D eigenvalue weighted by Gasteiger charge is -2.13. The van der Waals surface area contributed by atoms with Crippen LogP contribution in [0.4, 0.5) is 8.78 Å². The third kappa shape index (κ3) is 3.03. The van der Waals surface area contributed by atoms with Gasteiger partial charge in [0.2, 0.25) is 0 Å². The molecule has 0 aromatic heterocycles. The van der Waals surface area contributed by atoms with E-state index in [9.17, 15) is 8.78 Å². The maximum atomic E-state index is 13.6. The Morgan fingerprint density at radius 1 is 1.29 bits per heavy atom. The van der Waals surface area contributed by atoms with Gasteiger partial charge in [0.25, 0.3) is 0 Å². The molecule has 0 saturated heterocycles. The zero-order chi connectivity index (χ0) is 12.3. The van der Waals surface area contributed by atoms with Gasteiger partial charge in [-0.3, -0.25) is 0 Å². The molecular formula is C14H19F2N. The minimum atomic E-state index is -0.495. The third-order valence-electron chi connectivity index (χ3n) is 3.52. The van der Waals surface area contributed by atoms with Gasteiger partial charge >= 0.3 is 0 Å². The molecule has 2 rings (SSSR count). The first-order valence-electron chi connectivity index (χ1n) is 6.39. The van der Waals surface area contributed by atoms with E-state index in [1.807, 2.05) is 0 Å². The van der Waals surface area contributed by atoms with Crippen molar-refractivity contribution in [2.24, 2.45) is 0 Å². The molecule has 1 aliphatic carbocycles. The van der Waals surface area contributed by atoms with Crippen LogP contribution in [0.3, 0.4) is 0 Å². The van der Waals surface area contributed by atoms with Gasteiger partial charge < -0.3 is 5.32 Å². The Hall–Kier alpha value is -0.960. The first kappa shape index (κ1) is 12.5. The number of halogens is 2. The van der Waals surface area contributed by atoms with Gasteiger partial charge in [-0.25, -0.2) is 8.78 Å². The van der Waals surface area contributed by atoms with Crippen molar-refractivity contribution >= 4 is 0 Å². The molecule has 94 valence electrons. The summed E-state index contributed by atoms with van der Waals surface area (Å²) in [7, 11) is 0. The van der Waals surface area contributed by atoms with Gasteiger partial charge in [-0.1, -0.05) is 13.0 Å². The monoisotopic (exact) mass is 239 g/mol. The van der Waals surface area contributed by atoms with Crippen LogP contribution in [0.1, 0.15) is 44.1 Å². The minimum Gasteiger partial charge on any atom is -0.314 e. The fourth-order valence-corrected chi connectivity index (χ4v) is 2.63. The second kappa shape index (κ2) is 5.58. The molecule has 0 heterocycles. The Kier molecular flexibility index (Phi) is 4.11. The van der Waals surface area contributed by atoms with Crippen LogP contribution in [0.25, 0.3) is 0 Å². The van der Waals surface area contributed by atoms with Crippen molar-refractivity contribution in [1.82, 2.24) is 5.32 Å². The molecule has 17 heavy (non-hydrogen) atoms. The van der Waals surface area contributed by atoms with Crippen LogP contribution in [0.2, 0.25) is 0 Å². The molecule has 2 unspecified atom stereocenters. The van der Waals surface area contributed by atoms with E-state index in [0.29, 0.717) is 11.6 Å². The Labute approximate surface area is 101 Å². The highest BCUT2D eigenvalue weighted by molar-refractivity contribution is 5.24. The van der Waals surface area contributed by atoms with Gasteiger partial charge in [0.15, 0.2) is 0 Å². The predicted octanol–water partition coefficient (Wildman–Crippen LogP) is 3.60.